The average Bonchev–Trinajstić information content (AvgIpc) is 3.11. The minimum Gasteiger partial charge on any atom is -0.330 e. The molecule has 0 atom stereocenters. The van der Waals surface area contributed by atoms with E-state index in [1.165, 1.54) is 11.3 Å². The van der Waals surface area contributed by atoms with E-state index in [0.717, 1.165) is 32.6 Å². The van der Waals surface area contributed by atoms with E-state index in [-0.39, 0.29) is 0 Å². The Morgan fingerprint density at radius 2 is 1.61 bits per heavy atom. The molecule has 0 unspecified atom stereocenters. The van der Waals surface area contributed by atoms with Gasteiger partial charge in [0.25, 0.3) is 0 Å². The van der Waals surface area contributed by atoms with Crippen molar-refractivity contribution in [3.63, 3.8) is 0 Å². The summed E-state index contributed by atoms with van der Waals surface area (Å²) in [5, 5.41) is 6.54. The van der Waals surface area contributed by atoms with Crippen molar-refractivity contribution in [2.45, 2.75) is 19.8 Å². The number of hydrogen-bond donors (Lipinski definition) is 1. The lowest BCUT2D eigenvalue weighted by atomic mass is 10.1. The fourth-order valence-corrected chi connectivity index (χ4v) is 2.18. The standard InChI is InChI=1S/C16H17N3.C3H9N/c1-3-7-15(8-4-1)11-12-19-14-18(13-17-19)16-9-5-2-6-10-16;1-2-3-4/h1-10,13H,11-12,14H2;2-4H2,1H3. The number of rotatable bonds is 5. The van der Waals surface area contributed by atoms with Gasteiger partial charge in [0, 0.05) is 12.2 Å². The van der Waals surface area contributed by atoms with Crippen LogP contribution in [0.25, 0.3) is 0 Å². The van der Waals surface area contributed by atoms with E-state index < -0.39 is 0 Å². The molecule has 0 spiro atoms. The van der Waals surface area contributed by atoms with Crippen molar-refractivity contribution in [1.82, 2.24) is 5.01 Å². The molecule has 0 aliphatic carbocycles. The molecule has 0 radical (unpaired) electrons. The highest BCUT2D eigenvalue weighted by atomic mass is 15.6. The molecule has 0 amide bonds. The molecule has 1 heterocycles. The fourth-order valence-electron chi connectivity index (χ4n) is 2.18. The highest BCUT2D eigenvalue weighted by molar-refractivity contribution is 5.80. The second-order valence-corrected chi connectivity index (χ2v) is 5.43. The van der Waals surface area contributed by atoms with Gasteiger partial charge in [0.15, 0.2) is 0 Å². The molecule has 1 aliphatic rings. The van der Waals surface area contributed by atoms with Gasteiger partial charge in [-0.2, -0.15) is 5.10 Å². The van der Waals surface area contributed by atoms with Crippen LogP contribution >= 0.6 is 0 Å². The van der Waals surface area contributed by atoms with Gasteiger partial charge in [-0.1, -0.05) is 55.5 Å². The number of hydrogen-bond acceptors (Lipinski definition) is 4. The highest BCUT2D eigenvalue weighted by Crippen LogP contribution is 2.15. The van der Waals surface area contributed by atoms with E-state index in [0.29, 0.717) is 0 Å². The second kappa shape index (κ2) is 9.64. The maximum atomic E-state index is 5.03. The summed E-state index contributed by atoms with van der Waals surface area (Å²) >= 11 is 0. The van der Waals surface area contributed by atoms with Crippen LogP contribution in [0.3, 0.4) is 0 Å². The molecule has 4 heteroatoms. The van der Waals surface area contributed by atoms with Crippen molar-refractivity contribution in [3.05, 3.63) is 66.2 Å². The number of hydrazone groups is 1. The Balaban J connectivity index is 0.000000433. The van der Waals surface area contributed by atoms with E-state index in [2.05, 4.69) is 76.5 Å². The van der Waals surface area contributed by atoms with Gasteiger partial charge in [-0.3, -0.25) is 5.01 Å². The first-order valence-electron chi connectivity index (χ1n) is 8.18. The van der Waals surface area contributed by atoms with E-state index >= 15 is 0 Å². The molecule has 0 fully saturated rings. The summed E-state index contributed by atoms with van der Waals surface area (Å²) in [6.45, 7) is 4.65. The third-order valence-electron chi connectivity index (χ3n) is 3.55. The molecule has 1 aliphatic heterocycles. The molecule has 0 saturated carbocycles. The maximum Gasteiger partial charge on any atom is 0.117 e. The molecule has 2 aromatic carbocycles. The zero-order valence-corrected chi connectivity index (χ0v) is 13.8. The molecule has 2 N–H and O–H groups in total. The Labute approximate surface area is 139 Å². The summed E-state index contributed by atoms with van der Waals surface area (Å²) in [5.74, 6) is 0. The summed E-state index contributed by atoms with van der Waals surface area (Å²) in [6.07, 6.45) is 4.03. The van der Waals surface area contributed by atoms with Crippen molar-refractivity contribution in [1.29, 1.82) is 0 Å². The molecule has 0 saturated heterocycles. The normalized spacial score (nSPS) is 13.0. The van der Waals surface area contributed by atoms with Crippen molar-refractivity contribution >= 4 is 12.0 Å². The Bertz CT molecular complexity index is 566. The van der Waals surface area contributed by atoms with Crippen LogP contribution in [-0.4, -0.2) is 31.1 Å². The monoisotopic (exact) mass is 310 g/mol. The van der Waals surface area contributed by atoms with Crippen LogP contribution in [0.15, 0.2) is 65.8 Å². The van der Waals surface area contributed by atoms with Gasteiger partial charge in [-0.25, -0.2) is 0 Å². The minimum absolute atomic E-state index is 0.819. The molecule has 122 valence electrons. The first kappa shape index (κ1) is 17.0. The van der Waals surface area contributed by atoms with Crippen molar-refractivity contribution in [3.8, 4) is 0 Å². The van der Waals surface area contributed by atoms with Crippen LogP contribution in [-0.2, 0) is 6.42 Å². The van der Waals surface area contributed by atoms with Gasteiger partial charge >= 0.3 is 0 Å². The Morgan fingerprint density at radius 3 is 2.22 bits per heavy atom. The number of nitrogens with two attached hydrogens (primary N) is 1. The molecular formula is C19H26N4. The van der Waals surface area contributed by atoms with Crippen molar-refractivity contribution < 1.29 is 0 Å². The summed E-state index contributed by atoms with van der Waals surface area (Å²) in [7, 11) is 0. The molecule has 4 nitrogen and oxygen atoms in total. The Kier molecular flexibility index (Phi) is 7.14. The van der Waals surface area contributed by atoms with Crippen LogP contribution in [0.4, 0.5) is 5.69 Å². The van der Waals surface area contributed by atoms with Crippen LogP contribution in [0, 0.1) is 0 Å². The summed E-state index contributed by atoms with van der Waals surface area (Å²) in [4.78, 5) is 2.16. The number of nitrogens with zero attached hydrogens (tertiary/aromatic N) is 3. The van der Waals surface area contributed by atoms with Crippen LogP contribution in [0.5, 0.6) is 0 Å². The van der Waals surface area contributed by atoms with E-state index in [1.54, 1.807) is 0 Å². The molecule has 0 bridgehead atoms. The Hall–Kier alpha value is -2.33. The summed E-state index contributed by atoms with van der Waals surface area (Å²) in [6, 6.07) is 20.9. The molecule has 2 aromatic rings. The van der Waals surface area contributed by atoms with Crippen molar-refractivity contribution in [2.75, 3.05) is 24.7 Å². The van der Waals surface area contributed by atoms with Crippen LogP contribution < -0.4 is 10.6 Å². The lowest BCUT2D eigenvalue weighted by Gasteiger charge is -2.18. The first-order chi connectivity index (χ1) is 11.3. The van der Waals surface area contributed by atoms with E-state index in [4.69, 9.17) is 5.73 Å². The lowest BCUT2D eigenvalue weighted by molar-refractivity contribution is 0.323. The van der Waals surface area contributed by atoms with E-state index in [9.17, 15) is 0 Å². The maximum absolute atomic E-state index is 5.03. The molecule has 0 aromatic heterocycles. The minimum atomic E-state index is 0.819. The van der Waals surface area contributed by atoms with Gasteiger partial charge in [0.2, 0.25) is 0 Å². The van der Waals surface area contributed by atoms with Gasteiger partial charge in [0.05, 0.1) is 0 Å². The smallest absolute Gasteiger partial charge is 0.117 e. The molecule has 3 rings (SSSR count). The summed E-state index contributed by atoms with van der Waals surface area (Å²) in [5.41, 5.74) is 7.57. The van der Waals surface area contributed by atoms with Gasteiger partial charge in [-0.05, 0) is 37.1 Å². The van der Waals surface area contributed by atoms with Crippen molar-refractivity contribution in [2.24, 2.45) is 10.8 Å². The quantitative estimate of drug-likeness (QED) is 0.921. The third kappa shape index (κ3) is 5.75. The fraction of sp³-hybridized carbons (Fsp3) is 0.316. The van der Waals surface area contributed by atoms with E-state index in [1.807, 2.05) is 12.4 Å². The van der Waals surface area contributed by atoms with Crippen LogP contribution in [0.1, 0.15) is 18.9 Å². The lowest BCUT2D eigenvalue weighted by Crippen LogP contribution is -2.27. The first-order valence-corrected chi connectivity index (χ1v) is 8.18. The number of para-hydroxylation sites is 1. The van der Waals surface area contributed by atoms with Gasteiger partial charge in [0.1, 0.15) is 13.0 Å². The molecule has 23 heavy (non-hydrogen) atoms. The SMILES string of the molecule is C1=NN(CCc2ccccc2)CN1c1ccccc1.CCCN. The predicted octanol–water partition coefficient (Wildman–Crippen LogP) is 3.31. The Morgan fingerprint density at radius 1 is 1.00 bits per heavy atom. The predicted molar refractivity (Wildman–Crippen MR) is 98.5 cm³/mol. The zero-order chi connectivity index (χ0) is 16.3. The topological polar surface area (TPSA) is 44.9 Å². The zero-order valence-electron chi connectivity index (χ0n) is 13.8. The summed E-state index contributed by atoms with van der Waals surface area (Å²) < 4.78 is 0. The third-order valence-corrected chi connectivity index (χ3v) is 3.55. The highest BCUT2D eigenvalue weighted by Gasteiger charge is 2.14. The number of benzene rings is 2. The van der Waals surface area contributed by atoms with Gasteiger partial charge < -0.3 is 10.6 Å². The number of anilines is 1. The second-order valence-electron chi connectivity index (χ2n) is 5.43. The van der Waals surface area contributed by atoms with Gasteiger partial charge in [-0.15, -0.1) is 0 Å². The van der Waals surface area contributed by atoms with Crippen LogP contribution in [0.2, 0.25) is 0 Å². The largest absolute Gasteiger partial charge is 0.330 e. The molecular weight excluding hydrogens is 284 g/mol. The average molecular weight is 310 g/mol.